The van der Waals surface area contributed by atoms with Gasteiger partial charge in [-0.1, -0.05) is 35.0 Å². The molecular formula is C16H12Cl2N4O3S. The minimum atomic E-state index is -0.598. The van der Waals surface area contributed by atoms with E-state index in [1.807, 2.05) is 0 Å². The molecule has 2 heterocycles. The van der Waals surface area contributed by atoms with Gasteiger partial charge in [0.25, 0.3) is 0 Å². The van der Waals surface area contributed by atoms with Gasteiger partial charge in [0.05, 0.1) is 23.2 Å². The SMILES string of the molecule is O=C(CC1S/C(=N/N=C\c2ccco2)NC1=O)Nc1ccc(Cl)cc1Cl. The van der Waals surface area contributed by atoms with Crippen molar-refractivity contribution in [2.45, 2.75) is 11.7 Å². The van der Waals surface area contributed by atoms with Gasteiger partial charge in [0, 0.05) is 11.4 Å². The van der Waals surface area contributed by atoms with Crippen molar-refractivity contribution in [1.29, 1.82) is 0 Å². The third kappa shape index (κ3) is 4.87. The molecular weight excluding hydrogens is 399 g/mol. The summed E-state index contributed by atoms with van der Waals surface area (Å²) in [6.07, 6.45) is 2.90. The fourth-order valence-electron chi connectivity index (χ4n) is 2.05. The van der Waals surface area contributed by atoms with Gasteiger partial charge in [0.15, 0.2) is 5.17 Å². The van der Waals surface area contributed by atoms with Crippen LogP contribution in [0.1, 0.15) is 12.2 Å². The number of halogens is 2. The maximum absolute atomic E-state index is 12.1. The van der Waals surface area contributed by atoms with Crippen LogP contribution in [0.25, 0.3) is 0 Å². The zero-order valence-electron chi connectivity index (χ0n) is 13.1. The summed E-state index contributed by atoms with van der Waals surface area (Å²) in [5, 5.41) is 13.5. The third-order valence-electron chi connectivity index (χ3n) is 3.23. The topological polar surface area (TPSA) is 96.1 Å². The molecule has 0 saturated carbocycles. The van der Waals surface area contributed by atoms with Crippen molar-refractivity contribution in [2.24, 2.45) is 10.2 Å². The summed E-state index contributed by atoms with van der Waals surface area (Å²) < 4.78 is 5.08. The Balaban J connectivity index is 1.56. The molecule has 1 aromatic carbocycles. The fraction of sp³-hybridized carbons (Fsp3) is 0.125. The summed E-state index contributed by atoms with van der Waals surface area (Å²) in [6, 6.07) is 8.18. The van der Waals surface area contributed by atoms with Gasteiger partial charge in [-0.25, -0.2) is 0 Å². The summed E-state index contributed by atoms with van der Waals surface area (Å²) in [5.74, 6) is -0.110. The van der Waals surface area contributed by atoms with Crippen molar-refractivity contribution < 1.29 is 14.0 Å². The molecule has 0 bridgehead atoms. The van der Waals surface area contributed by atoms with E-state index in [0.29, 0.717) is 26.7 Å². The van der Waals surface area contributed by atoms with Crippen LogP contribution in [-0.4, -0.2) is 28.4 Å². The number of hydrogen-bond donors (Lipinski definition) is 2. The Labute approximate surface area is 162 Å². The number of anilines is 1. The molecule has 1 aliphatic heterocycles. The second kappa shape index (κ2) is 8.39. The fourth-order valence-corrected chi connectivity index (χ4v) is 3.43. The Morgan fingerprint density at radius 1 is 1.38 bits per heavy atom. The summed E-state index contributed by atoms with van der Waals surface area (Å²) in [5.41, 5.74) is 0.432. The van der Waals surface area contributed by atoms with Crippen LogP contribution >= 0.6 is 35.0 Å². The van der Waals surface area contributed by atoms with E-state index in [9.17, 15) is 9.59 Å². The highest BCUT2D eigenvalue weighted by atomic mass is 35.5. The number of rotatable bonds is 5. The van der Waals surface area contributed by atoms with Crippen molar-refractivity contribution >= 4 is 63.8 Å². The van der Waals surface area contributed by atoms with Gasteiger partial charge >= 0.3 is 0 Å². The number of benzene rings is 1. The van der Waals surface area contributed by atoms with Crippen LogP contribution in [0.5, 0.6) is 0 Å². The number of carbonyl (C=O) groups excluding carboxylic acids is 2. The molecule has 1 aliphatic rings. The molecule has 1 saturated heterocycles. The Hall–Kier alpha value is -2.29. The quantitative estimate of drug-likeness (QED) is 0.581. The summed E-state index contributed by atoms with van der Waals surface area (Å²) in [6.45, 7) is 0. The Kier molecular flexibility index (Phi) is 5.97. The van der Waals surface area contributed by atoms with Gasteiger partial charge < -0.3 is 15.1 Å². The smallest absolute Gasteiger partial charge is 0.240 e. The number of nitrogens with zero attached hydrogens (tertiary/aromatic N) is 2. The van der Waals surface area contributed by atoms with E-state index in [1.54, 1.807) is 24.3 Å². The van der Waals surface area contributed by atoms with E-state index in [2.05, 4.69) is 20.8 Å². The lowest BCUT2D eigenvalue weighted by Gasteiger charge is -2.09. The zero-order valence-corrected chi connectivity index (χ0v) is 15.4. The van der Waals surface area contributed by atoms with E-state index < -0.39 is 5.25 Å². The molecule has 2 amide bonds. The van der Waals surface area contributed by atoms with Gasteiger partial charge in [-0.3, -0.25) is 9.59 Å². The molecule has 2 aromatic rings. The Morgan fingerprint density at radius 2 is 2.23 bits per heavy atom. The number of carbonyl (C=O) groups is 2. The number of thioether (sulfide) groups is 1. The van der Waals surface area contributed by atoms with Crippen LogP contribution in [0.4, 0.5) is 5.69 Å². The lowest BCUT2D eigenvalue weighted by Crippen LogP contribution is -2.28. The Morgan fingerprint density at radius 3 is 2.96 bits per heavy atom. The highest BCUT2D eigenvalue weighted by molar-refractivity contribution is 8.15. The summed E-state index contributed by atoms with van der Waals surface area (Å²) in [7, 11) is 0. The van der Waals surface area contributed by atoms with Gasteiger partial charge in [-0.2, -0.15) is 5.10 Å². The summed E-state index contributed by atoms with van der Waals surface area (Å²) in [4.78, 5) is 24.1. The first kappa shape index (κ1) is 18.5. The first-order chi connectivity index (χ1) is 12.5. The molecule has 1 unspecified atom stereocenters. The monoisotopic (exact) mass is 410 g/mol. The molecule has 3 rings (SSSR count). The second-order valence-electron chi connectivity index (χ2n) is 5.14. The molecule has 2 N–H and O–H groups in total. The lowest BCUT2D eigenvalue weighted by atomic mass is 10.2. The normalized spacial score (nSPS) is 18.5. The summed E-state index contributed by atoms with van der Waals surface area (Å²) >= 11 is 13.0. The van der Waals surface area contributed by atoms with Crippen LogP contribution in [0.3, 0.4) is 0 Å². The standard InChI is InChI=1S/C16H12Cl2N4O3S/c17-9-3-4-12(11(18)6-9)20-14(23)7-13-15(24)21-16(26-13)22-19-8-10-2-1-5-25-10/h1-6,8,13H,7H2,(H,20,23)(H,21,22,24)/b19-8-. The average molecular weight is 411 g/mol. The van der Waals surface area contributed by atoms with Crippen molar-refractivity contribution in [3.05, 3.63) is 52.4 Å². The molecule has 1 aromatic heterocycles. The predicted molar refractivity (Wildman–Crippen MR) is 103 cm³/mol. The first-order valence-electron chi connectivity index (χ1n) is 7.38. The molecule has 1 atom stereocenters. The third-order valence-corrected chi connectivity index (χ3v) is 4.85. The Bertz CT molecular complexity index is 884. The van der Waals surface area contributed by atoms with Crippen molar-refractivity contribution in [1.82, 2.24) is 5.32 Å². The van der Waals surface area contributed by atoms with Crippen molar-refractivity contribution in [3.8, 4) is 0 Å². The molecule has 26 heavy (non-hydrogen) atoms. The lowest BCUT2D eigenvalue weighted by molar-refractivity contribution is -0.122. The van der Waals surface area contributed by atoms with Gasteiger partial charge in [-0.15, -0.1) is 5.10 Å². The van der Waals surface area contributed by atoms with E-state index in [1.165, 1.54) is 18.5 Å². The van der Waals surface area contributed by atoms with E-state index in [4.69, 9.17) is 27.6 Å². The maximum atomic E-state index is 12.1. The first-order valence-corrected chi connectivity index (χ1v) is 9.02. The highest BCUT2D eigenvalue weighted by Gasteiger charge is 2.32. The largest absolute Gasteiger partial charge is 0.463 e. The van der Waals surface area contributed by atoms with E-state index in [-0.39, 0.29) is 18.2 Å². The minimum Gasteiger partial charge on any atom is -0.463 e. The van der Waals surface area contributed by atoms with E-state index >= 15 is 0 Å². The molecule has 7 nitrogen and oxygen atoms in total. The average Bonchev–Trinajstić information content (AvgIpc) is 3.21. The highest BCUT2D eigenvalue weighted by Crippen LogP contribution is 2.27. The molecule has 134 valence electrons. The van der Waals surface area contributed by atoms with Crippen LogP contribution in [-0.2, 0) is 9.59 Å². The van der Waals surface area contributed by atoms with E-state index in [0.717, 1.165) is 11.8 Å². The van der Waals surface area contributed by atoms with Crippen molar-refractivity contribution in [3.63, 3.8) is 0 Å². The van der Waals surface area contributed by atoms with Crippen LogP contribution in [0.15, 0.2) is 51.2 Å². The number of furan rings is 1. The van der Waals surface area contributed by atoms with Crippen LogP contribution in [0, 0.1) is 0 Å². The second-order valence-corrected chi connectivity index (χ2v) is 7.17. The molecule has 0 aliphatic carbocycles. The molecule has 0 spiro atoms. The number of hydrogen-bond acceptors (Lipinski definition) is 6. The van der Waals surface area contributed by atoms with Crippen molar-refractivity contribution in [2.75, 3.05) is 5.32 Å². The molecule has 0 radical (unpaired) electrons. The molecule has 10 heteroatoms. The van der Waals surface area contributed by atoms with Gasteiger partial charge in [-0.05, 0) is 30.3 Å². The molecule has 1 fully saturated rings. The number of amidine groups is 1. The minimum absolute atomic E-state index is 0.0314. The van der Waals surface area contributed by atoms with Gasteiger partial charge in [0.1, 0.15) is 11.0 Å². The van der Waals surface area contributed by atoms with Gasteiger partial charge in [0.2, 0.25) is 11.8 Å². The zero-order chi connectivity index (χ0) is 18.5. The predicted octanol–water partition coefficient (Wildman–Crippen LogP) is 3.54. The van der Waals surface area contributed by atoms with Crippen LogP contribution < -0.4 is 10.6 Å². The number of nitrogens with one attached hydrogen (secondary N) is 2. The maximum Gasteiger partial charge on any atom is 0.240 e. The number of amides is 2. The van der Waals surface area contributed by atoms with Crippen LogP contribution in [0.2, 0.25) is 10.0 Å².